The van der Waals surface area contributed by atoms with Gasteiger partial charge in [-0.15, -0.1) is 5.10 Å². The van der Waals surface area contributed by atoms with Crippen LogP contribution in [0.1, 0.15) is 22.7 Å². The molecule has 0 aliphatic carbocycles. The zero-order valence-corrected chi connectivity index (χ0v) is 22.2. The van der Waals surface area contributed by atoms with Crippen molar-refractivity contribution in [1.29, 1.82) is 0 Å². The average molecular weight is 552 g/mol. The number of fused-ring (bicyclic) bond motifs is 2. The van der Waals surface area contributed by atoms with Crippen LogP contribution >= 0.6 is 0 Å². The third-order valence-corrected chi connectivity index (χ3v) is 6.86. The molecule has 1 atom stereocenters. The summed E-state index contributed by atoms with van der Waals surface area (Å²) >= 11 is 0. The highest BCUT2D eigenvalue weighted by Gasteiger charge is 2.33. The molecule has 0 saturated heterocycles. The van der Waals surface area contributed by atoms with Crippen LogP contribution in [0.4, 0.5) is 10.1 Å². The fraction of sp³-hybridized carbons (Fsp3) is 0.161. The van der Waals surface area contributed by atoms with E-state index in [1.165, 1.54) is 27.8 Å². The summed E-state index contributed by atoms with van der Waals surface area (Å²) in [4.78, 5) is 29.5. The minimum Gasteiger partial charge on any atom is -0.454 e. The van der Waals surface area contributed by atoms with E-state index in [4.69, 9.17) is 9.47 Å². The summed E-state index contributed by atoms with van der Waals surface area (Å²) in [5, 5.41) is 11.2. The Morgan fingerprint density at radius 1 is 0.976 bits per heavy atom. The highest BCUT2D eigenvalue weighted by molar-refractivity contribution is 5.98. The van der Waals surface area contributed by atoms with E-state index in [0.717, 1.165) is 11.1 Å². The van der Waals surface area contributed by atoms with Gasteiger partial charge in [0.25, 0.3) is 5.91 Å². The molecule has 0 fully saturated rings. The first-order valence-corrected chi connectivity index (χ1v) is 13.0. The molecule has 0 radical (unpaired) electrons. The van der Waals surface area contributed by atoms with Crippen molar-refractivity contribution in [2.24, 2.45) is 0 Å². The molecule has 4 aromatic carbocycles. The minimum atomic E-state index is -1.17. The molecular weight excluding hydrogens is 525 g/mol. The molecule has 5 aromatic rings. The van der Waals surface area contributed by atoms with Crippen molar-refractivity contribution >= 4 is 28.5 Å². The molecule has 2 heterocycles. The highest BCUT2D eigenvalue weighted by Crippen LogP contribution is 2.35. The Kier molecular flexibility index (Phi) is 7.03. The van der Waals surface area contributed by atoms with Gasteiger partial charge >= 0.3 is 0 Å². The van der Waals surface area contributed by atoms with Crippen LogP contribution in [0.3, 0.4) is 0 Å². The fourth-order valence-electron chi connectivity index (χ4n) is 4.80. The Hall–Kier alpha value is -5.25. The number of ether oxygens (including phenoxy) is 2. The van der Waals surface area contributed by atoms with Crippen LogP contribution in [0.2, 0.25) is 0 Å². The Morgan fingerprint density at radius 2 is 1.78 bits per heavy atom. The summed E-state index contributed by atoms with van der Waals surface area (Å²) in [5.74, 6) is -0.361. The van der Waals surface area contributed by atoms with Gasteiger partial charge in [0.05, 0.1) is 5.52 Å². The summed E-state index contributed by atoms with van der Waals surface area (Å²) < 4.78 is 26.8. The molecule has 2 amide bonds. The zero-order valence-electron chi connectivity index (χ0n) is 22.2. The van der Waals surface area contributed by atoms with E-state index in [1.54, 1.807) is 24.3 Å². The smallest absolute Gasteiger partial charge is 0.251 e. The van der Waals surface area contributed by atoms with Crippen LogP contribution in [0.25, 0.3) is 11.0 Å². The van der Waals surface area contributed by atoms with E-state index in [1.807, 2.05) is 55.5 Å². The predicted molar refractivity (Wildman–Crippen MR) is 150 cm³/mol. The maximum atomic E-state index is 14.5. The third-order valence-electron chi connectivity index (χ3n) is 6.86. The Labute approximate surface area is 235 Å². The Morgan fingerprint density at radius 3 is 2.61 bits per heavy atom. The number of nitrogens with one attached hydrogen (secondary N) is 1. The van der Waals surface area contributed by atoms with Crippen LogP contribution in [0, 0.1) is 12.7 Å². The number of aromatic nitrogens is 3. The molecule has 0 saturated carbocycles. The lowest BCUT2D eigenvalue weighted by atomic mass is 10.0. The highest BCUT2D eigenvalue weighted by atomic mass is 19.1. The second-order valence-corrected chi connectivity index (χ2v) is 9.76. The lowest BCUT2D eigenvalue weighted by Gasteiger charge is -2.31. The maximum absolute atomic E-state index is 14.5. The number of amides is 2. The van der Waals surface area contributed by atoms with Crippen molar-refractivity contribution in [2.75, 3.05) is 12.1 Å². The molecule has 1 N–H and O–H groups in total. The molecule has 0 bridgehead atoms. The summed E-state index contributed by atoms with van der Waals surface area (Å²) in [6, 6.07) is 24.6. The Balaban J connectivity index is 1.39. The monoisotopic (exact) mass is 551 g/mol. The standard InChI is InChI=1S/C31H26FN5O4/c1-20-9-11-21(12-10-20)17-36(29(38)18-37-26-8-3-2-7-25(26)34-35-37)30(22-5-4-6-23(32)15-22)31(39)33-24-13-14-27-28(16-24)41-19-40-27/h2-16,30H,17-19H2,1H3,(H,33,39). The van der Waals surface area contributed by atoms with E-state index in [9.17, 15) is 14.0 Å². The summed E-state index contributed by atoms with van der Waals surface area (Å²) in [6.07, 6.45) is 0. The number of nitrogens with zero attached hydrogens (tertiary/aromatic N) is 4. The number of para-hydroxylation sites is 1. The second kappa shape index (κ2) is 11.1. The van der Waals surface area contributed by atoms with Crippen LogP contribution in [-0.2, 0) is 22.7 Å². The van der Waals surface area contributed by atoms with Crippen molar-refractivity contribution in [1.82, 2.24) is 19.9 Å². The molecule has 9 nitrogen and oxygen atoms in total. The molecule has 41 heavy (non-hydrogen) atoms. The van der Waals surface area contributed by atoms with Gasteiger partial charge in [-0.1, -0.05) is 59.3 Å². The summed E-state index contributed by atoms with van der Waals surface area (Å²) in [7, 11) is 0. The van der Waals surface area contributed by atoms with Crippen molar-refractivity contribution in [3.63, 3.8) is 0 Å². The number of benzene rings is 4. The van der Waals surface area contributed by atoms with Gasteiger partial charge in [-0.2, -0.15) is 0 Å². The van der Waals surface area contributed by atoms with Gasteiger partial charge in [0.1, 0.15) is 23.9 Å². The average Bonchev–Trinajstić information content (AvgIpc) is 3.61. The number of carbonyl (C=O) groups excluding carboxylic acids is 2. The molecule has 1 aromatic heterocycles. The molecule has 1 aliphatic rings. The zero-order chi connectivity index (χ0) is 28.3. The fourth-order valence-corrected chi connectivity index (χ4v) is 4.80. The molecule has 206 valence electrons. The van der Waals surface area contributed by atoms with Gasteiger partial charge in [0.2, 0.25) is 12.7 Å². The summed E-state index contributed by atoms with van der Waals surface area (Å²) in [5.41, 5.74) is 3.97. The Bertz CT molecular complexity index is 1740. The maximum Gasteiger partial charge on any atom is 0.251 e. The van der Waals surface area contributed by atoms with Crippen molar-refractivity contribution in [3.05, 3.63) is 114 Å². The SMILES string of the molecule is Cc1ccc(CN(C(=O)Cn2nnc3ccccc32)C(C(=O)Nc2ccc3c(c2)OCO3)c2cccc(F)c2)cc1. The van der Waals surface area contributed by atoms with Gasteiger partial charge in [-0.25, -0.2) is 9.07 Å². The van der Waals surface area contributed by atoms with Gasteiger partial charge in [-0.05, 0) is 54.4 Å². The first-order valence-electron chi connectivity index (χ1n) is 13.0. The number of carbonyl (C=O) groups is 2. The molecule has 1 aliphatic heterocycles. The largest absolute Gasteiger partial charge is 0.454 e. The van der Waals surface area contributed by atoms with Crippen LogP contribution in [0.5, 0.6) is 11.5 Å². The quantitative estimate of drug-likeness (QED) is 0.291. The van der Waals surface area contributed by atoms with Crippen molar-refractivity contribution in [2.45, 2.75) is 26.1 Å². The number of hydrogen-bond donors (Lipinski definition) is 1. The molecule has 10 heteroatoms. The second-order valence-electron chi connectivity index (χ2n) is 9.76. The lowest BCUT2D eigenvalue weighted by Crippen LogP contribution is -2.42. The number of hydrogen-bond acceptors (Lipinski definition) is 6. The van der Waals surface area contributed by atoms with Crippen molar-refractivity contribution < 1.29 is 23.5 Å². The normalized spacial score (nSPS) is 12.7. The molecule has 0 spiro atoms. The van der Waals surface area contributed by atoms with E-state index in [-0.39, 0.29) is 19.9 Å². The van der Waals surface area contributed by atoms with Gasteiger partial charge < -0.3 is 19.7 Å². The van der Waals surface area contributed by atoms with E-state index in [0.29, 0.717) is 33.8 Å². The molecular formula is C31H26FN5O4. The first-order chi connectivity index (χ1) is 19.9. The van der Waals surface area contributed by atoms with Crippen LogP contribution in [0.15, 0.2) is 91.0 Å². The van der Waals surface area contributed by atoms with Crippen LogP contribution < -0.4 is 14.8 Å². The summed E-state index contributed by atoms with van der Waals surface area (Å²) in [6.45, 7) is 1.99. The predicted octanol–water partition coefficient (Wildman–Crippen LogP) is 5.02. The third kappa shape index (κ3) is 5.58. The van der Waals surface area contributed by atoms with Crippen molar-refractivity contribution in [3.8, 4) is 11.5 Å². The molecule has 6 rings (SSSR count). The number of halogens is 1. The van der Waals surface area contributed by atoms with Gasteiger partial charge in [0, 0.05) is 18.3 Å². The van der Waals surface area contributed by atoms with E-state index in [2.05, 4.69) is 15.6 Å². The topological polar surface area (TPSA) is 98.6 Å². The number of aryl methyl sites for hydroxylation is 1. The first kappa shape index (κ1) is 26.0. The van der Waals surface area contributed by atoms with Crippen LogP contribution in [-0.4, -0.2) is 38.5 Å². The number of anilines is 1. The number of rotatable bonds is 8. The minimum absolute atomic E-state index is 0.0917. The van der Waals surface area contributed by atoms with E-state index >= 15 is 0 Å². The van der Waals surface area contributed by atoms with Gasteiger partial charge in [0.15, 0.2) is 11.5 Å². The van der Waals surface area contributed by atoms with Gasteiger partial charge in [-0.3, -0.25) is 9.59 Å². The lowest BCUT2D eigenvalue weighted by molar-refractivity contribution is -0.140. The molecule has 1 unspecified atom stereocenters. The van der Waals surface area contributed by atoms with E-state index < -0.39 is 23.7 Å².